The van der Waals surface area contributed by atoms with Crippen LogP contribution in [0.4, 0.5) is 4.79 Å². The molecule has 9 heteroatoms. The second kappa shape index (κ2) is 8.07. The third-order valence-electron chi connectivity index (χ3n) is 3.90. The molecule has 1 aromatic carbocycles. The van der Waals surface area contributed by atoms with Crippen molar-refractivity contribution in [1.82, 2.24) is 14.8 Å². The van der Waals surface area contributed by atoms with E-state index >= 15 is 0 Å². The molecule has 0 fully saturated rings. The van der Waals surface area contributed by atoms with Crippen LogP contribution in [0.3, 0.4) is 0 Å². The summed E-state index contributed by atoms with van der Waals surface area (Å²) in [5.41, 5.74) is 1.71. The predicted molar refractivity (Wildman–Crippen MR) is 98.1 cm³/mol. The maximum absolute atomic E-state index is 13.0. The van der Waals surface area contributed by atoms with Crippen LogP contribution in [0.25, 0.3) is 0 Å². The van der Waals surface area contributed by atoms with E-state index in [1.807, 2.05) is 6.92 Å². The largest absolute Gasteiger partial charge is 0.440 e. The molecule has 0 N–H and O–H groups in total. The monoisotopic (exact) mass is 399 g/mol. The van der Waals surface area contributed by atoms with Gasteiger partial charge in [0.05, 0.1) is 18.3 Å². The first-order valence-corrected chi connectivity index (χ1v) is 8.53. The van der Waals surface area contributed by atoms with Crippen LogP contribution in [0.15, 0.2) is 12.3 Å². The van der Waals surface area contributed by atoms with Crippen molar-refractivity contribution in [2.24, 2.45) is 0 Å². The Morgan fingerprint density at radius 3 is 2.46 bits per heavy atom. The van der Waals surface area contributed by atoms with Crippen LogP contribution in [0.1, 0.15) is 34.0 Å². The molecular weight excluding hydrogens is 381 g/mol. The van der Waals surface area contributed by atoms with E-state index in [-0.39, 0.29) is 22.0 Å². The van der Waals surface area contributed by atoms with Gasteiger partial charge in [-0.2, -0.15) is 10.2 Å². The summed E-state index contributed by atoms with van der Waals surface area (Å²) in [5.74, 6) is -0.395. The third-order valence-corrected chi connectivity index (χ3v) is 4.97. The smallest absolute Gasteiger partial charge is 0.389 e. The van der Waals surface area contributed by atoms with Crippen molar-refractivity contribution < 1.29 is 19.2 Å². The Hall–Kier alpha value is -2.09. The van der Waals surface area contributed by atoms with E-state index in [0.29, 0.717) is 17.1 Å². The van der Waals surface area contributed by atoms with Crippen LogP contribution in [-0.4, -0.2) is 40.9 Å². The fourth-order valence-corrected chi connectivity index (χ4v) is 2.76. The summed E-state index contributed by atoms with van der Waals surface area (Å²) in [7, 11) is 2.71. The maximum Gasteiger partial charge on any atom is 0.440 e. The Balaban J connectivity index is 2.51. The standard InChI is InChI=1S/C17H19Cl2N3O4/c1-6-22-16(26-17(24)21(4)25-5)12(8-20-22)15(23)11-7-9(2)13(18)10(3)14(11)19/h7-8H,6H2,1-5H3. The van der Waals surface area contributed by atoms with E-state index in [1.165, 1.54) is 25.0 Å². The number of ether oxygens (including phenoxy) is 1. The number of rotatable bonds is 5. The molecule has 7 nitrogen and oxygen atoms in total. The lowest BCUT2D eigenvalue weighted by molar-refractivity contribution is -0.0797. The molecule has 1 aromatic heterocycles. The topological polar surface area (TPSA) is 73.7 Å². The van der Waals surface area contributed by atoms with Gasteiger partial charge in [0.15, 0.2) is 0 Å². The summed E-state index contributed by atoms with van der Waals surface area (Å²) < 4.78 is 6.70. The average molecular weight is 400 g/mol. The Labute approximate surface area is 161 Å². The molecule has 0 saturated heterocycles. The van der Waals surface area contributed by atoms with Crippen molar-refractivity contribution >= 4 is 35.1 Å². The van der Waals surface area contributed by atoms with Crippen molar-refractivity contribution in [3.05, 3.63) is 44.6 Å². The number of ketones is 1. The molecule has 0 unspecified atom stereocenters. The molecule has 26 heavy (non-hydrogen) atoms. The highest BCUT2D eigenvalue weighted by Crippen LogP contribution is 2.33. The number of amides is 1. The molecule has 0 bridgehead atoms. The summed E-state index contributed by atoms with van der Waals surface area (Å²) in [6, 6.07) is 1.61. The van der Waals surface area contributed by atoms with E-state index in [0.717, 1.165) is 10.6 Å². The zero-order valence-electron chi connectivity index (χ0n) is 15.1. The first-order valence-electron chi connectivity index (χ1n) is 7.78. The molecule has 2 aromatic rings. The van der Waals surface area contributed by atoms with Gasteiger partial charge in [-0.25, -0.2) is 9.48 Å². The number of carbonyl (C=O) groups excluding carboxylic acids is 2. The summed E-state index contributed by atoms with van der Waals surface area (Å²) in [5, 5.41) is 5.75. The van der Waals surface area contributed by atoms with Gasteiger partial charge in [0.25, 0.3) is 0 Å². The van der Waals surface area contributed by atoms with Gasteiger partial charge in [-0.1, -0.05) is 23.2 Å². The van der Waals surface area contributed by atoms with Gasteiger partial charge in [-0.05, 0) is 38.0 Å². The molecule has 0 radical (unpaired) electrons. The minimum atomic E-state index is -0.786. The van der Waals surface area contributed by atoms with E-state index in [9.17, 15) is 9.59 Å². The van der Waals surface area contributed by atoms with Gasteiger partial charge in [0.1, 0.15) is 5.56 Å². The number of halogens is 2. The molecule has 0 aliphatic carbocycles. The second-order valence-electron chi connectivity index (χ2n) is 5.55. The molecule has 0 saturated carbocycles. The Morgan fingerprint density at radius 1 is 1.23 bits per heavy atom. The van der Waals surface area contributed by atoms with Gasteiger partial charge in [0.2, 0.25) is 11.7 Å². The fraction of sp³-hybridized carbons (Fsp3) is 0.353. The van der Waals surface area contributed by atoms with Gasteiger partial charge in [0, 0.05) is 24.2 Å². The van der Waals surface area contributed by atoms with Crippen LogP contribution < -0.4 is 4.74 Å². The van der Waals surface area contributed by atoms with Crippen molar-refractivity contribution in [3.8, 4) is 5.88 Å². The number of aromatic nitrogens is 2. The van der Waals surface area contributed by atoms with Gasteiger partial charge >= 0.3 is 6.09 Å². The Bertz CT molecular complexity index is 864. The number of benzene rings is 1. The number of hydrogen-bond acceptors (Lipinski definition) is 5. The van der Waals surface area contributed by atoms with Crippen LogP contribution in [0, 0.1) is 13.8 Å². The molecule has 1 heterocycles. The fourth-order valence-electron chi connectivity index (χ4n) is 2.33. The van der Waals surface area contributed by atoms with Crippen LogP contribution >= 0.6 is 23.2 Å². The van der Waals surface area contributed by atoms with Gasteiger partial charge in [-0.15, -0.1) is 0 Å². The minimum Gasteiger partial charge on any atom is -0.389 e. The zero-order valence-corrected chi connectivity index (χ0v) is 16.6. The van der Waals surface area contributed by atoms with Crippen molar-refractivity contribution in [3.63, 3.8) is 0 Å². The molecular formula is C17H19Cl2N3O4. The second-order valence-corrected chi connectivity index (χ2v) is 6.31. The van der Waals surface area contributed by atoms with Crippen LogP contribution in [-0.2, 0) is 11.4 Å². The zero-order chi connectivity index (χ0) is 19.6. The minimum absolute atomic E-state index is 0.0210. The maximum atomic E-state index is 13.0. The Kier molecular flexibility index (Phi) is 6.28. The van der Waals surface area contributed by atoms with Crippen LogP contribution in [0.2, 0.25) is 10.0 Å². The van der Waals surface area contributed by atoms with Gasteiger partial charge < -0.3 is 4.74 Å². The first kappa shape index (κ1) is 20.2. The molecule has 1 amide bonds. The molecule has 2 rings (SSSR count). The van der Waals surface area contributed by atoms with Gasteiger partial charge in [-0.3, -0.25) is 9.63 Å². The number of hydroxylamine groups is 2. The predicted octanol–water partition coefficient (Wildman–Crippen LogP) is 4.05. The highest BCUT2D eigenvalue weighted by molar-refractivity contribution is 6.39. The highest BCUT2D eigenvalue weighted by atomic mass is 35.5. The Morgan fingerprint density at radius 2 is 1.88 bits per heavy atom. The van der Waals surface area contributed by atoms with E-state index in [1.54, 1.807) is 19.9 Å². The third kappa shape index (κ3) is 3.70. The summed E-state index contributed by atoms with van der Waals surface area (Å²) >= 11 is 12.5. The van der Waals surface area contributed by atoms with E-state index in [4.69, 9.17) is 32.8 Å². The summed E-state index contributed by atoms with van der Waals surface area (Å²) in [6.45, 7) is 5.73. The van der Waals surface area contributed by atoms with E-state index in [2.05, 4.69) is 5.10 Å². The lowest BCUT2D eigenvalue weighted by Crippen LogP contribution is -2.29. The van der Waals surface area contributed by atoms with Crippen molar-refractivity contribution in [1.29, 1.82) is 0 Å². The SMILES string of the molecule is CCn1ncc(C(=O)c2cc(C)c(Cl)c(C)c2Cl)c1OC(=O)N(C)OC. The lowest BCUT2D eigenvalue weighted by Gasteiger charge is -2.15. The van der Waals surface area contributed by atoms with Crippen molar-refractivity contribution in [2.45, 2.75) is 27.3 Å². The number of hydrogen-bond donors (Lipinski definition) is 0. The molecule has 0 atom stereocenters. The van der Waals surface area contributed by atoms with Crippen LogP contribution in [0.5, 0.6) is 5.88 Å². The average Bonchev–Trinajstić information content (AvgIpc) is 3.04. The molecule has 140 valence electrons. The lowest BCUT2D eigenvalue weighted by atomic mass is 10.0. The molecule has 0 aliphatic rings. The molecule has 0 spiro atoms. The van der Waals surface area contributed by atoms with E-state index < -0.39 is 11.9 Å². The molecule has 0 aliphatic heterocycles. The number of nitrogens with zero attached hydrogens (tertiary/aromatic N) is 3. The normalized spacial score (nSPS) is 10.7. The number of carbonyl (C=O) groups is 2. The quantitative estimate of drug-likeness (QED) is 0.559. The summed E-state index contributed by atoms with van der Waals surface area (Å²) in [4.78, 5) is 29.9. The van der Waals surface area contributed by atoms with Crippen molar-refractivity contribution in [2.75, 3.05) is 14.2 Å². The highest BCUT2D eigenvalue weighted by Gasteiger charge is 2.26. The number of aryl methyl sites for hydroxylation is 2. The first-order chi connectivity index (χ1) is 12.2. The summed E-state index contributed by atoms with van der Waals surface area (Å²) in [6.07, 6.45) is 0.558.